The van der Waals surface area contributed by atoms with E-state index in [1.165, 1.54) is 10.7 Å². The molecule has 0 aliphatic carbocycles. The van der Waals surface area contributed by atoms with E-state index in [-0.39, 0.29) is 24.8 Å². The van der Waals surface area contributed by atoms with Gasteiger partial charge in [0.1, 0.15) is 5.82 Å². The molecule has 1 atom stereocenters. The Morgan fingerprint density at radius 3 is 2.78 bits per heavy atom. The van der Waals surface area contributed by atoms with E-state index in [2.05, 4.69) is 46.0 Å². The molecule has 0 bridgehead atoms. The van der Waals surface area contributed by atoms with E-state index in [9.17, 15) is 0 Å². The second-order valence-corrected chi connectivity index (χ2v) is 6.81. The molecular weight excluding hydrogens is 353 g/mol. The lowest BCUT2D eigenvalue weighted by Crippen LogP contribution is -2.46. The second-order valence-electron chi connectivity index (χ2n) is 5.92. The summed E-state index contributed by atoms with van der Waals surface area (Å²) < 4.78 is 2.12. The van der Waals surface area contributed by atoms with Gasteiger partial charge < -0.3 is 9.88 Å². The maximum atomic E-state index is 4.77. The molecule has 1 aliphatic rings. The van der Waals surface area contributed by atoms with E-state index < -0.39 is 0 Å². The number of halogens is 2. The first-order valence-electron chi connectivity index (χ1n) is 7.51. The fourth-order valence-corrected chi connectivity index (χ4v) is 3.58. The van der Waals surface area contributed by atoms with Gasteiger partial charge in [0.05, 0.1) is 16.7 Å². The van der Waals surface area contributed by atoms with E-state index in [0.717, 1.165) is 32.0 Å². The molecule has 0 radical (unpaired) electrons. The lowest BCUT2D eigenvalue weighted by atomic mass is 10.1. The van der Waals surface area contributed by atoms with E-state index in [1.54, 1.807) is 11.3 Å². The molecule has 1 unspecified atom stereocenters. The molecule has 8 heteroatoms. The Bertz CT molecular complexity index is 598. The van der Waals surface area contributed by atoms with Gasteiger partial charge in [-0.2, -0.15) is 0 Å². The first-order chi connectivity index (χ1) is 10.1. The molecule has 5 nitrogen and oxygen atoms in total. The number of imidazole rings is 1. The van der Waals surface area contributed by atoms with Crippen LogP contribution < -0.4 is 5.32 Å². The summed E-state index contributed by atoms with van der Waals surface area (Å²) in [6.45, 7) is 8.32. The van der Waals surface area contributed by atoms with Gasteiger partial charge >= 0.3 is 0 Å². The van der Waals surface area contributed by atoms with Crippen molar-refractivity contribution in [3.05, 3.63) is 34.3 Å². The molecule has 0 amide bonds. The van der Waals surface area contributed by atoms with Crippen molar-refractivity contribution in [1.82, 2.24) is 24.8 Å². The van der Waals surface area contributed by atoms with Crippen LogP contribution in [-0.4, -0.2) is 39.1 Å². The number of aromatic nitrogens is 3. The van der Waals surface area contributed by atoms with Crippen LogP contribution in [-0.2, 0) is 13.6 Å². The van der Waals surface area contributed by atoms with Gasteiger partial charge in [0.25, 0.3) is 0 Å². The molecular formula is C15H25Cl2N5S. The number of hydrogen-bond acceptors (Lipinski definition) is 5. The highest BCUT2D eigenvalue weighted by molar-refractivity contribution is 7.09. The average molecular weight is 378 g/mol. The van der Waals surface area contributed by atoms with Crippen LogP contribution in [0.1, 0.15) is 42.3 Å². The third kappa shape index (κ3) is 4.67. The molecule has 1 fully saturated rings. The van der Waals surface area contributed by atoms with Gasteiger partial charge in [-0.25, -0.2) is 9.97 Å². The van der Waals surface area contributed by atoms with Crippen molar-refractivity contribution in [3.8, 4) is 0 Å². The monoisotopic (exact) mass is 377 g/mol. The minimum atomic E-state index is 0. The summed E-state index contributed by atoms with van der Waals surface area (Å²) in [5.41, 5.74) is 1.19. The Balaban J connectivity index is 0.00000132. The number of nitrogens with zero attached hydrogens (tertiary/aromatic N) is 4. The summed E-state index contributed by atoms with van der Waals surface area (Å²) in [6.07, 6.45) is 3.89. The topological polar surface area (TPSA) is 46.0 Å². The van der Waals surface area contributed by atoms with Crippen LogP contribution in [0.25, 0.3) is 0 Å². The molecule has 130 valence electrons. The molecule has 1 saturated heterocycles. The molecule has 3 rings (SSSR count). The quantitative estimate of drug-likeness (QED) is 0.889. The van der Waals surface area contributed by atoms with Gasteiger partial charge in [-0.15, -0.1) is 36.2 Å². The van der Waals surface area contributed by atoms with E-state index in [1.807, 2.05) is 12.4 Å². The molecule has 3 heterocycles. The SMILES string of the molecule is CC(C)c1nc(CN2CCNCC2c2nccn2C)cs1.Cl.Cl. The molecule has 0 spiro atoms. The number of hydrogen-bond donors (Lipinski definition) is 1. The summed E-state index contributed by atoms with van der Waals surface area (Å²) in [6, 6.07) is 0.322. The van der Waals surface area contributed by atoms with Crippen LogP contribution in [0.5, 0.6) is 0 Å². The molecule has 23 heavy (non-hydrogen) atoms. The fraction of sp³-hybridized carbons (Fsp3) is 0.600. The van der Waals surface area contributed by atoms with E-state index in [0.29, 0.717) is 12.0 Å². The number of thiazole rings is 1. The minimum Gasteiger partial charge on any atom is -0.337 e. The predicted molar refractivity (Wildman–Crippen MR) is 99.9 cm³/mol. The zero-order chi connectivity index (χ0) is 14.8. The smallest absolute Gasteiger partial charge is 0.127 e. The molecule has 2 aromatic heterocycles. The molecule has 2 aromatic rings. The summed E-state index contributed by atoms with van der Waals surface area (Å²) in [4.78, 5) is 11.8. The highest BCUT2D eigenvalue weighted by atomic mass is 35.5. The van der Waals surface area contributed by atoms with Gasteiger partial charge in [0.15, 0.2) is 0 Å². The second kappa shape index (κ2) is 8.99. The lowest BCUT2D eigenvalue weighted by Gasteiger charge is -2.35. The minimum absolute atomic E-state index is 0. The van der Waals surface area contributed by atoms with Crippen molar-refractivity contribution >= 4 is 36.2 Å². The summed E-state index contributed by atoms with van der Waals surface area (Å²) in [5, 5.41) is 6.91. The molecule has 0 saturated carbocycles. The van der Waals surface area contributed by atoms with Crippen molar-refractivity contribution in [3.63, 3.8) is 0 Å². The predicted octanol–water partition coefficient (Wildman–Crippen LogP) is 2.99. The highest BCUT2D eigenvalue weighted by Crippen LogP contribution is 2.25. The average Bonchev–Trinajstić information content (AvgIpc) is 3.09. The van der Waals surface area contributed by atoms with Crippen molar-refractivity contribution in [2.24, 2.45) is 7.05 Å². The first-order valence-corrected chi connectivity index (χ1v) is 8.39. The molecule has 1 N–H and O–H groups in total. The standard InChI is InChI=1S/C15H23N5S.2ClH/c1-11(2)15-18-12(10-21-15)9-20-7-4-16-8-13(20)14-17-5-6-19(14)3;;/h5-6,10-11,13,16H,4,7-9H2,1-3H3;2*1H. The Kier molecular flexibility index (Phi) is 7.97. The number of aryl methyl sites for hydroxylation is 1. The number of piperazine rings is 1. The van der Waals surface area contributed by atoms with E-state index >= 15 is 0 Å². The van der Waals surface area contributed by atoms with Crippen molar-refractivity contribution in [2.75, 3.05) is 19.6 Å². The zero-order valence-electron chi connectivity index (χ0n) is 13.7. The maximum Gasteiger partial charge on any atom is 0.127 e. The van der Waals surface area contributed by atoms with Crippen LogP contribution in [0.4, 0.5) is 0 Å². The Morgan fingerprint density at radius 1 is 1.39 bits per heavy atom. The lowest BCUT2D eigenvalue weighted by molar-refractivity contribution is 0.143. The normalized spacial score (nSPS) is 18.5. The Labute approximate surface area is 154 Å². The van der Waals surface area contributed by atoms with Crippen molar-refractivity contribution < 1.29 is 0 Å². The van der Waals surface area contributed by atoms with Crippen LogP contribution in [0.2, 0.25) is 0 Å². The number of nitrogens with one attached hydrogen (secondary N) is 1. The van der Waals surface area contributed by atoms with Crippen LogP contribution in [0.15, 0.2) is 17.8 Å². The Hall–Kier alpha value is -0.660. The summed E-state index contributed by atoms with van der Waals surface area (Å²) in [5.74, 6) is 1.64. The van der Waals surface area contributed by atoms with Gasteiger partial charge in [0, 0.05) is 56.9 Å². The largest absolute Gasteiger partial charge is 0.337 e. The third-order valence-electron chi connectivity index (χ3n) is 3.94. The maximum absolute atomic E-state index is 4.77. The van der Waals surface area contributed by atoms with Gasteiger partial charge in [-0.05, 0) is 0 Å². The van der Waals surface area contributed by atoms with Crippen molar-refractivity contribution in [2.45, 2.75) is 32.4 Å². The fourth-order valence-electron chi connectivity index (χ4n) is 2.76. The van der Waals surface area contributed by atoms with Crippen LogP contribution >= 0.6 is 36.2 Å². The van der Waals surface area contributed by atoms with Crippen LogP contribution in [0, 0.1) is 0 Å². The molecule has 0 aromatic carbocycles. The van der Waals surface area contributed by atoms with Gasteiger partial charge in [0.2, 0.25) is 0 Å². The summed E-state index contributed by atoms with van der Waals surface area (Å²) in [7, 11) is 2.06. The molecule has 1 aliphatic heterocycles. The zero-order valence-corrected chi connectivity index (χ0v) is 16.2. The van der Waals surface area contributed by atoms with E-state index in [4.69, 9.17) is 4.98 Å². The van der Waals surface area contributed by atoms with Crippen LogP contribution in [0.3, 0.4) is 0 Å². The highest BCUT2D eigenvalue weighted by Gasteiger charge is 2.27. The number of rotatable bonds is 4. The van der Waals surface area contributed by atoms with Gasteiger partial charge in [-0.3, -0.25) is 4.90 Å². The van der Waals surface area contributed by atoms with Gasteiger partial charge in [-0.1, -0.05) is 13.8 Å². The summed E-state index contributed by atoms with van der Waals surface area (Å²) >= 11 is 1.77. The Morgan fingerprint density at radius 2 is 2.17 bits per heavy atom. The third-order valence-corrected chi connectivity index (χ3v) is 5.13. The van der Waals surface area contributed by atoms with Crippen molar-refractivity contribution in [1.29, 1.82) is 0 Å². The first kappa shape index (κ1) is 20.4.